The van der Waals surface area contributed by atoms with Crippen molar-refractivity contribution in [3.8, 4) is 10.4 Å². The zero-order chi connectivity index (χ0) is 19.3. The molecule has 0 radical (unpaired) electrons. The van der Waals surface area contributed by atoms with Gasteiger partial charge in [-0.15, -0.1) is 11.3 Å². The zero-order valence-electron chi connectivity index (χ0n) is 14.5. The highest BCUT2D eigenvalue weighted by molar-refractivity contribution is 7.20. The molecule has 2 rings (SSSR count). The number of nitro groups is 1. The van der Waals surface area contributed by atoms with Gasteiger partial charge in [-0.25, -0.2) is 9.59 Å². The van der Waals surface area contributed by atoms with Gasteiger partial charge in [0.2, 0.25) is 0 Å². The van der Waals surface area contributed by atoms with Crippen molar-refractivity contribution in [2.45, 2.75) is 20.8 Å². The standard InChI is InChI=1S/C17H18N2O6S/c1-4-24-16(20)13-10(3)14(26-15(13)18-17(21)25-5-2)11-6-8-12(9-7-11)19(22)23/h6-9H,4-5H2,1-3H3,(H,18,21). The molecule has 0 saturated carbocycles. The Kier molecular flexibility index (Phi) is 6.29. The van der Waals surface area contributed by atoms with Crippen LogP contribution in [0.5, 0.6) is 0 Å². The number of nitrogens with zero attached hydrogens (tertiary/aromatic N) is 1. The van der Waals surface area contributed by atoms with E-state index >= 15 is 0 Å². The minimum atomic E-state index is -0.672. The van der Waals surface area contributed by atoms with Crippen LogP contribution >= 0.6 is 11.3 Å². The normalized spacial score (nSPS) is 10.3. The number of esters is 1. The molecule has 1 aromatic heterocycles. The van der Waals surface area contributed by atoms with Crippen LogP contribution in [0.25, 0.3) is 10.4 Å². The lowest BCUT2D eigenvalue weighted by atomic mass is 10.1. The number of carbonyl (C=O) groups excluding carboxylic acids is 2. The Bertz CT molecular complexity index is 829. The summed E-state index contributed by atoms with van der Waals surface area (Å²) < 4.78 is 9.94. The highest BCUT2D eigenvalue weighted by atomic mass is 32.1. The van der Waals surface area contributed by atoms with Crippen molar-refractivity contribution in [3.05, 3.63) is 45.5 Å². The summed E-state index contributed by atoms with van der Waals surface area (Å²) in [6.07, 6.45) is -0.672. The Morgan fingerprint density at radius 3 is 2.31 bits per heavy atom. The van der Waals surface area contributed by atoms with E-state index < -0.39 is 17.0 Å². The molecule has 0 saturated heterocycles. The van der Waals surface area contributed by atoms with Crippen molar-refractivity contribution in [2.24, 2.45) is 0 Å². The van der Waals surface area contributed by atoms with Crippen molar-refractivity contribution >= 4 is 34.1 Å². The Morgan fingerprint density at radius 2 is 1.77 bits per heavy atom. The number of carbonyl (C=O) groups is 2. The molecule has 0 fully saturated rings. The SMILES string of the molecule is CCOC(=O)Nc1sc(-c2ccc([N+](=O)[O-])cc2)c(C)c1C(=O)OCC. The van der Waals surface area contributed by atoms with Gasteiger partial charge in [0.15, 0.2) is 0 Å². The number of ether oxygens (including phenoxy) is 2. The van der Waals surface area contributed by atoms with Crippen molar-refractivity contribution in [1.29, 1.82) is 0 Å². The topological polar surface area (TPSA) is 108 Å². The molecule has 9 heteroatoms. The van der Waals surface area contributed by atoms with Crippen LogP contribution in [0, 0.1) is 17.0 Å². The number of amides is 1. The number of hydrogen-bond acceptors (Lipinski definition) is 7. The highest BCUT2D eigenvalue weighted by Crippen LogP contribution is 2.40. The summed E-state index contributed by atoms with van der Waals surface area (Å²) in [6.45, 7) is 5.49. The van der Waals surface area contributed by atoms with E-state index in [1.165, 1.54) is 23.5 Å². The third-order valence-corrected chi connectivity index (χ3v) is 4.71. The van der Waals surface area contributed by atoms with Crippen LogP contribution in [0.4, 0.5) is 15.5 Å². The number of hydrogen-bond donors (Lipinski definition) is 1. The number of rotatable bonds is 6. The molecule has 0 aliphatic carbocycles. The summed E-state index contributed by atoms with van der Waals surface area (Å²) in [4.78, 5) is 35.1. The molecule has 1 aromatic carbocycles. The minimum absolute atomic E-state index is 0.0292. The molecule has 26 heavy (non-hydrogen) atoms. The maximum atomic E-state index is 12.3. The van der Waals surface area contributed by atoms with Crippen LogP contribution < -0.4 is 5.32 Å². The molecule has 0 unspecified atom stereocenters. The second kappa shape index (κ2) is 8.43. The third-order valence-electron chi connectivity index (χ3n) is 3.46. The fraction of sp³-hybridized carbons (Fsp3) is 0.294. The fourth-order valence-electron chi connectivity index (χ4n) is 2.32. The second-order valence-corrected chi connectivity index (χ2v) is 6.15. The van der Waals surface area contributed by atoms with Gasteiger partial charge in [-0.05, 0) is 44.0 Å². The number of benzene rings is 1. The van der Waals surface area contributed by atoms with Crippen LogP contribution in [-0.2, 0) is 9.47 Å². The number of thiophene rings is 1. The van der Waals surface area contributed by atoms with E-state index in [2.05, 4.69) is 5.32 Å². The Balaban J connectivity index is 2.48. The van der Waals surface area contributed by atoms with E-state index in [0.29, 0.717) is 21.0 Å². The van der Waals surface area contributed by atoms with E-state index in [-0.39, 0.29) is 24.5 Å². The first kappa shape index (κ1) is 19.4. The molecule has 0 atom stereocenters. The van der Waals surface area contributed by atoms with Crippen LogP contribution in [0.15, 0.2) is 24.3 Å². The Morgan fingerprint density at radius 1 is 1.15 bits per heavy atom. The molecule has 1 amide bonds. The molecule has 2 aromatic rings. The minimum Gasteiger partial charge on any atom is -0.462 e. The van der Waals surface area contributed by atoms with Gasteiger partial charge >= 0.3 is 12.1 Å². The van der Waals surface area contributed by atoms with E-state index in [1.54, 1.807) is 32.9 Å². The molecule has 0 bridgehead atoms. The maximum absolute atomic E-state index is 12.3. The lowest BCUT2D eigenvalue weighted by Crippen LogP contribution is -2.15. The van der Waals surface area contributed by atoms with Gasteiger partial charge in [0.05, 0.1) is 23.7 Å². The van der Waals surface area contributed by atoms with E-state index in [1.807, 2.05) is 0 Å². The van der Waals surface area contributed by atoms with Gasteiger partial charge in [0, 0.05) is 17.0 Å². The van der Waals surface area contributed by atoms with Crippen LogP contribution in [0.1, 0.15) is 29.8 Å². The predicted octanol–water partition coefficient (Wildman–Crippen LogP) is 4.38. The van der Waals surface area contributed by atoms with E-state index in [4.69, 9.17) is 9.47 Å². The lowest BCUT2D eigenvalue weighted by molar-refractivity contribution is -0.384. The zero-order valence-corrected chi connectivity index (χ0v) is 15.3. The summed E-state index contributed by atoms with van der Waals surface area (Å²) in [5.74, 6) is -0.554. The molecular weight excluding hydrogens is 360 g/mol. The van der Waals surface area contributed by atoms with Gasteiger partial charge in [0.25, 0.3) is 5.69 Å². The molecule has 1 heterocycles. The van der Waals surface area contributed by atoms with Crippen LogP contribution in [-0.4, -0.2) is 30.2 Å². The number of nitrogens with one attached hydrogen (secondary N) is 1. The summed E-state index contributed by atoms with van der Waals surface area (Å²) in [6, 6.07) is 5.97. The average Bonchev–Trinajstić information content (AvgIpc) is 2.91. The smallest absolute Gasteiger partial charge is 0.412 e. The quantitative estimate of drug-likeness (QED) is 0.454. The first-order valence-corrected chi connectivity index (χ1v) is 8.69. The van der Waals surface area contributed by atoms with Crippen LogP contribution in [0.2, 0.25) is 0 Å². The van der Waals surface area contributed by atoms with Gasteiger partial charge in [-0.1, -0.05) is 0 Å². The van der Waals surface area contributed by atoms with E-state index in [9.17, 15) is 19.7 Å². The molecule has 138 valence electrons. The Labute approximate surface area is 153 Å². The van der Waals surface area contributed by atoms with Crippen LogP contribution in [0.3, 0.4) is 0 Å². The van der Waals surface area contributed by atoms with Crippen molar-refractivity contribution in [3.63, 3.8) is 0 Å². The molecule has 0 aliphatic heterocycles. The molecule has 8 nitrogen and oxygen atoms in total. The van der Waals surface area contributed by atoms with Gasteiger partial charge < -0.3 is 9.47 Å². The van der Waals surface area contributed by atoms with Crippen molar-refractivity contribution in [1.82, 2.24) is 0 Å². The average molecular weight is 378 g/mol. The largest absolute Gasteiger partial charge is 0.462 e. The highest BCUT2D eigenvalue weighted by Gasteiger charge is 2.24. The summed E-state index contributed by atoms with van der Waals surface area (Å²) in [5, 5.41) is 13.7. The van der Waals surface area contributed by atoms with Crippen molar-refractivity contribution in [2.75, 3.05) is 18.5 Å². The maximum Gasteiger partial charge on any atom is 0.412 e. The summed E-state index contributed by atoms with van der Waals surface area (Å²) >= 11 is 1.18. The number of anilines is 1. The first-order valence-electron chi connectivity index (χ1n) is 7.88. The number of nitro benzene ring substituents is 1. The molecule has 1 N–H and O–H groups in total. The molecular formula is C17H18N2O6S. The van der Waals surface area contributed by atoms with Crippen molar-refractivity contribution < 1.29 is 24.0 Å². The van der Waals surface area contributed by atoms with E-state index in [0.717, 1.165) is 0 Å². The van der Waals surface area contributed by atoms with Gasteiger partial charge in [-0.2, -0.15) is 0 Å². The lowest BCUT2D eigenvalue weighted by Gasteiger charge is -2.06. The van der Waals surface area contributed by atoms with Gasteiger partial charge in [-0.3, -0.25) is 15.4 Å². The first-order chi connectivity index (χ1) is 12.4. The molecule has 0 spiro atoms. The second-order valence-electron chi connectivity index (χ2n) is 5.13. The predicted molar refractivity (Wildman–Crippen MR) is 97.7 cm³/mol. The summed E-state index contributed by atoms with van der Waals surface area (Å²) in [7, 11) is 0. The molecule has 0 aliphatic rings. The Hall–Kier alpha value is -2.94. The monoisotopic (exact) mass is 378 g/mol. The number of non-ortho nitro benzene ring substituents is 1. The summed E-state index contributed by atoms with van der Waals surface area (Å²) in [5.41, 5.74) is 1.53. The third kappa shape index (κ3) is 4.17. The van der Waals surface area contributed by atoms with Gasteiger partial charge in [0.1, 0.15) is 5.00 Å². The fourth-order valence-corrected chi connectivity index (χ4v) is 3.51.